The van der Waals surface area contributed by atoms with Gasteiger partial charge in [-0.2, -0.15) is 4.98 Å². The number of hydrogen-bond acceptors (Lipinski definition) is 6. The number of aryl methyl sites for hydroxylation is 1. The van der Waals surface area contributed by atoms with Crippen molar-refractivity contribution in [3.05, 3.63) is 41.2 Å². The normalized spacial score (nSPS) is 11.5. The SMILES string of the molecule is CC(=O)O.COc1ccc2[nH]c([S+]([O-])Cc3ncc(C)c(OC)c3C)nc2c1. The van der Waals surface area contributed by atoms with Crippen LogP contribution in [0, 0.1) is 13.8 Å². The van der Waals surface area contributed by atoms with E-state index in [1.165, 1.54) is 0 Å². The van der Waals surface area contributed by atoms with E-state index in [1.54, 1.807) is 20.4 Å². The Kier molecular flexibility index (Phi) is 7.24. The molecule has 0 spiro atoms. The van der Waals surface area contributed by atoms with Gasteiger partial charge in [0.15, 0.2) is 5.75 Å². The number of aromatic amines is 1. The van der Waals surface area contributed by atoms with E-state index in [4.69, 9.17) is 19.4 Å². The van der Waals surface area contributed by atoms with Gasteiger partial charge in [0.25, 0.3) is 5.97 Å². The first-order valence-electron chi connectivity index (χ1n) is 8.37. The molecule has 0 amide bonds. The standard InChI is InChI=1S/C17H19N3O3S.C2H4O2/c1-10-8-18-15(11(2)16(10)23-4)9-24(21)17-19-13-6-5-12(22-3)7-14(13)20-17;1-2(3)4/h5-8H,9H2,1-4H3,(H,19,20);1H3,(H,3,4). The van der Waals surface area contributed by atoms with E-state index in [0.29, 0.717) is 10.9 Å². The summed E-state index contributed by atoms with van der Waals surface area (Å²) in [6, 6.07) is 5.51. The van der Waals surface area contributed by atoms with E-state index in [9.17, 15) is 4.55 Å². The van der Waals surface area contributed by atoms with Crippen LogP contribution in [0.4, 0.5) is 0 Å². The summed E-state index contributed by atoms with van der Waals surface area (Å²) in [7, 11) is 3.23. The summed E-state index contributed by atoms with van der Waals surface area (Å²) in [6.45, 7) is 4.95. The number of carboxylic acid groups (broad SMARTS) is 1. The molecule has 0 bridgehead atoms. The zero-order valence-corrected chi connectivity index (χ0v) is 17.2. The predicted molar refractivity (Wildman–Crippen MR) is 106 cm³/mol. The highest BCUT2D eigenvalue weighted by atomic mass is 32.2. The van der Waals surface area contributed by atoms with Crippen LogP contribution in [0.15, 0.2) is 29.6 Å². The second kappa shape index (κ2) is 9.43. The molecule has 8 nitrogen and oxygen atoms in total. The number of hydrogen-bond donors (Lipinski definition) is 2. The maximum atomic E-state index is 12.7. The van der Waals surface area contributed by atoms with Gasteiger partial charge in [-0.05, 0) is 26.0 Å². The Morgan fingerprint density at radius 3 is 2.57 bits per heavy atom. The largest absolute Gasteiger partial charge is 0.609 e. The summed E-state index contributed by atoms with van der Waals surface area (Å²) in [5, 5.41) is 7.85. The molecule has 0 aliphatic carbocycles. The average molecular weight is 405 g/mol. The molecule has 2 aromatic heterocycles. The highest BCUT2D eigenvalue weighted by Crippen LogP contribution is 2.27. The number of pyridine rings is 1. The third-order valence-corrected chi connectivity index (χ3v) is 5.06. The Labute approximate surface area is 166 Å². The maximum Gasteiger partial charge on any atom is 0.322 e. The lowest BCUT2D eigenvalue weighted by molar-refractivity contribution is -0.134. The van der Waals surface area contributed by atoms with Gasteiger partial charge in [-0.3, -0.25) is 14.8 Å². The molecule has 3 rings (SSSR count). The zero-order chi connectivity index (χ0) is 20.8. The monoisotopic (exact) mass is 405 g/mol. The molecule has 9 heteroatoms. The summed E-state index contributed by atoms with van der Waals surface area (Å²) < 4.78 is 23.3. The van der Waals surface area contributed by atoms with Crippen LogP contribution in [-0.2, 0) is 21.7 Å². The topological polar surface area (TPSA) is 120 Å². The fourth-order valence-corrected chi connectivity index (χ4v) is 3.71. The Bertz CT molecular complexity index is 970. The number of nitrogens with one attached hydrogen (secondary N) is 1. The van der Waals surface area contributed by atoms with Crippen molar-refractivity contribution in [3.8, 4) is 11.5 Å². The summed E-state index contributed by atoms with van der Waals surface area (Å²) >= 11 is -1.33. The first-order valence-corrected chi connectivity index (χ1v) is 9.69. The summed E-state index contributed by atoms with van der Waals surface area (Å²) in [5.41, 5.74) is 4.16. The molecule has 28 heavy (non-hydrogen) atoms. The van der Waals surface area contributed by atoms with E-state index in [1.807, 2.05) is 32.0 Å². The van der Waals surface area contributed by atoms with Gasteiger partial charge in [0.1, 0.15) is 11.5 Å². The van der Waals surface area contributed by atoms with Crippen LogP contribution < -0.4 is 9.47 Å². The van der Waals surface area contributed by atoms with Crippen LogP contribution in [-0.4, -0.2) is 44.8 Å². The fourth-order valence-electron chi connectivity index (χ4n) is 2.61. The molecular weight excluding hydrogens is 382 g/mol. The summed E-state index contributed by atoms with van der Waals surface area (Å²) in [6.07, 6.45) is 1.74. The first kappa shape index (κ1) is 21.5. The number of benzene rings is 1. The Balaban J connectivity index is 0.000000640. The molecule has 150 valence electrons. The van der Waals surface area contributed by atoms with Crippen LogP contribution in [0.1, 0.15) is 23.7 Å². The van der Waals surface area contributed by atoms with Gasteiger partial charge in [0, 0.05) is 41.5 Å². The minimum atomic E-state index is -1.33. The van der Waals surface area contributed by atoms with Gasteiger partial charge in [-0.15, -0.1) is 0 Å². The molecule has 1 unspecified atom stereocenters. The zero-order valence-electron chi connectivity index (χ0n) is 16.4. The Morgan fingerprint density at radius 1 is 1.29 bits per heavy atom. The molecule has 0 radical (unpaired) electrons. The van der Waals surface area contributed by atoms with Crippen molar-refractivity contribution in [2.45, 2.75) is 31.7 Å². The average Bonchev–Trinajstić information content (AvgIpc) is 3.07. The number of rotatable bonds is 5. The highest BCUT2D eigenvalue weighted by Gasteiger charge is 2.21. The smallest absolute Gasteiger partial charge is 0.322 e. The number of ether oxygens (including phenoxy) is 2. The Hall–Kier alpha value is -2.78. The van der Waals surface area contributed by atoms with Gasteiger partial charge < -0.3 is 19.1 Å². The maximum absolute atomic E-state index is 12.7. The van der Waals surface area contributed by atoms with Crippen LogP contribution in [0.5, 0.6) is 11.5 Å². The lowest BCUT2D eigenvalue weighted by atomic mass is 10.1. The number of imidazole rings is 1. The van der Waals surface area contributed by atoms with Crippen molar-refractivity contribution in [1.82, 2.24) is 15.0 Å². The highest BCUT2D eigenvalue weighted by molar-refractivity contribution is 7.90. The molecule has 3 aromatic rings. The third kappa shape index (κ3) is 5.14. The number of carbonyl (C=O) groups is 1. The molecule has 2 N–H and O–H groups in total. The third-order valence-electron chi connectivity index (χ3n) is 3.90. The number of methoxy groups -OCH3 is 2. The van der Waals surface area contributed by atoms with Crippen molar-refractivity contribution < 1.29 is 23.9 Å². The molecule has 1 atom stereocenters. The minimum Gasteiger partial charge on any atom is -0.609 e. The molecular formula is C19H23N3O5S. The van der Waals surface area contributed by atoms with E-state index >= 15 is 0 Å². The summed E-state index contributed by atoms with van der Waals surface area (Å²) in [5.74, 6) is 0.942. The van der Waals surface area contributed by atoms with E-state index in [0.717, 1.165) is 40.5 Å². The van der Waals surface area contributed by atoms with Crippen LogP contribution >= 0.6 is 0 Å². The number of aromatic nitrogens is 3. The molecule has 2 heterocycles. The molecule has 0 aliphatic heterocycles. The molecule has 0 saturated heterocycles. The van der Waals surface area contributed by atoms with Crippen molar-refractivity contribution in [1.29, 1.82) is 0 Å². The second-order valence-corrected chi connectivity index (χ2v) is 7.35. The second-order valence-electron chi connectivity index (χ2n) is 5.98. The van der Waals surface area contributed by atoms with Gasteiger partial charge in [-0.25, -0.2) is 0 Å². The van der Waals surface area contributed by atoms with E-state index < -0.39 is 17.1 Å². The van der Waals surface area contributed by atoms with Gasteiger partial charge in [-0.1, -0.05) is 0 Å². The van der Waals surface area contributed by atoms with Crippen LogP contribution in [0.2, 0.25) is 0 Å². The minimum absolute atomic E-state index is 0.277. The number of aliphatic carboxylic acids is 1. The van der Waals surface area contributed by atoms with Crippen molar-refractivity contribution in [2.75, 3.05) is 14.2 Å². The predicted octanol–water partition coefficient (Wildman–Crippen LogP) is 2.99. The number of carboxylic acids is 1. The molecule has 0 fully saturated rings. The fraction of sp³-hybridized carbons (Fsp3) is 0.316. The number of H-pyrrole nitrogens is 1. The number of nitrogens with zero attached hydrogens (tertiary/aromatic N) is 2. The Morgan fingerprint density at radius 2 is 1.96 bits per heavy atom. The molecule has 1 aromatic carbocycles. The van der Waals surface area contributed by atoms with Gasteiger partial charge >= 0.3 is 5.16 Å². The first-order chi connectivity index (χ1) is 13.3. The quantitative estimate of drug-likeness (QED) is 0.626. The lowest BCUT2D eigenvalue weighted by Gasteiger charge is -2.13. The van der Waals surface area contributed by atoms with E-state index in [-0.39, 0.29) is 5.75 Å². The molecule has 0 saturated carbocycles. The van der Waals surface area contributed by atoms with E-state index in [2.05, 4.69) is 15.0 Å². The van der Waals surface area contributed by atoms with Crippen LogP contribution in [0.3, 0.4) is 0 Å². The van der Waals surface area contributed by atoms with Crippen molar-refractivity contribution in [3.63, 3.8) is 0 Å². The molecule has 0 aliphatic rings. The number of fused-ring (bicyclic) bond motifs is 1. The van der Waals surface area contributed by atoms with Crippen LogP contribution in [0.25, 0.3) is 11.0 Å². The van der Waals surface area contributed by atoms with Gasteiger partial charge in [0.2, 0.25) is 0 Å². The van der Waals surface area contributed by atoms with Gasteiger partial charge in [0.05, 0.1) is 30.9 Å². The van der Waals surface area contributed by atoms with Crippen molar-refractivity contribution >= 4 is 28.2 Å². The lowest BCUT2D eigenvalue weighted by Crippen LogP contribution is -2.10. The summed E-state index contributed by atoms with van der Waals surface area (Å²) in [4.78, 5) is 20.9. The van der Waals surface area contributed by atoms with Crippen molar-refractivity contribution in [2.24, 2.45) is 0 Å².